The van der Waals surface area contributed by atoms with Crippen molar-refractivity contribution in [2.45, 2.75) is 31.8 Å². The van der Waals surface area contributed by atoms with Gasteiger partial charge in [-0.3, -0.25) is 9.69 Å². The minimum absolute atomic E-state index is 0.0586. The molecule has 0 bridgehead atoms. The highest BCUT2D eigenvalue weighted by atomic mass is 79.9. The van der Waals surface area contributed by atoms with Gasteiger partial charge in [-0.05, 0) is 60.9 Å². The van der Waals surface area contributed by atoms with Crippen molar-refractivity contribution in [2.24, 2.45) is 0 Å². The number of amides is 1. The first-order chi connectivity index (χ1) is 8.99. The summed E-state index contributed by atoms with van der Waals surface area (Å²) in [5.41, 5.74) is 6.97. The maximum absolute atomic E-state index is 12.0. The lowest BCUT2D eigenvalue weighted by molar-refractivity contribution is 0.0939. The van der Waals surface area contributed by atoms with Gasteiger partial charge in [-0.1, -0.05) is 0 Å². The lowest BCUT2D eigenvalue weighted by Gasteiger charge is -2.24. The van der Waals surface area contributed by atoms with Crippen molar-refractivity contribution in [3.05, 3.63) is 28.2 Å². The Hall–Kier alpha value is -1.07. The van der Waals surface area contributed by atoms with Crippen molar-refractivity contribution < 1.29 is 4.79 Å². The summed E-state index contributed by atoms with van der Waals surface area (Å²) in [6, 6.07) is 6.29. The number of benzene rings is 1. The average molecular weight is 326 g/mol. The molecule has 1 atom stereocenters. The van der Waals surface area contributed by atoms with Gasteiger partial charge in [0.15, 0.2) is 0 Å². The summed E-state index contributed by atoms with van der Waals surface area (Å²) in [5.74, 6) is -0.0586. The molecule has 2 rings (SSSR count). The number of hydrogen-bond donors (Lipinski definition) is 2. The summed E-state index contributed by atoms with van der Waals surface area (Å²) in [7, 11) is 2.12. The standard InChI is InChI=1S/C14H20BrN3O/c1-9(18(2)11-4-5-11)8-17-14(19)10-3-6-13(16)12(15)7-10/h3,6-7,9,11H,4-5,8,16H2,1-2H3,(H,17,19). The molecule has 0 heterocycles. The second kappa shape index (κ2) is 5.92. The molecular formula is C14H20BrN3O. The van der Waals surface area contributed by atoms with Crippen LogP contribution in [0.2, 0.25) is 0 Å². The SMILES string of the molecule is CC(CNC(=O)c1ccc(N)c(Br)c1)N(C)C1CC1. The highest BCUT2D eigenvalue weighted by Gasteiger charge is 2.29. The number of hydrogen-bond acceptors (Lipinski definition) is 3. The van der Waals surface area contributed by atoms with E-state index in [-0.39, 0.29) is 5.91 Å². The normalized spacial score (nSPS) is 16.4. The molecule has 1 aromatic carbocycles. The second-order valence-corrected chi connectivity index (χ2v) is 6.05. The van der Waals surface area contributed by atoms with Gasteiger partial charge in [-0.2, -0.15) is 0 Å². The van der Waals surface area contributed by atoms with Crippen LogP contribution in [0.3, 0.4) is 0 Å². The fraction of sp³-hybridized carbons (Fsp3) is 0.500. The van der Waals surface area contributed by atoms with Crippen molar-refractivity contribution in [1.29, 1.82) is 0 Å². The zero-order valence-corrected chi connectivity index (χ0v) is 12.9. The zero-order chi connectivity index (χ0) is 14.0. The molecular weight excluding hydrogens is 306 g/mol. The van der Waals surface area contributed by atoms with E-state index in [2.05, 4.69) is 40.1 Å². The quantitative estimate of drug-likeness (QED) is 0.816. The molecule has 1 unspecified atom stereocenters. The number of anilines is 1. The van der Waals surface area contributed by atoms with Gasteiger partial charge >= 0.3 is 0 Å². The Morgan fingerprint density at radius 2 is 2.26 bits per heavy atom. The molecule has 3 N–H and O–H groups in total. The molecule has 0 spiro atoms. The van der Waals surface area contributed by atoms with E-state index in [9.17, 15) is 4.79 Å². The van der Waals surface area contributed by atoms with E-state index in [1.165, 1.54) is 12.8 Å². The fourth-order valence-electron chi connectivity index (χ4n) is 2.00. The third-order valence-corrected chi connectivity index (χ3v) is 4.33. The Morgan fingerprint density at radius 1 is 1.58 bits per heavy atom. The molecule has 19 heavy (non-hydrogen) atoms. The number of likely N-dealkylation sites (N-methyl/N-ethyl adjacent to an activating group) is 1. The minimum Gasteiger partial charge on any atom is -0.398 e. The Bertz CT molecular complexity index is 474. The number of halogens is 1. The van der Waals surface area contributed by atoms with Gasteiger partial charge in [0, 0.05) is 34.4 Å². The smallest absolute Gasteiger partial charge is 0.251 e. The third-order valence-electron chi connectivity index (χ3n) is 3.64. The van der Waals surface area contributed by atoms with Gasteiger partial charge in [-0.25, -0.2) is 0 Å². The predicted octanol–water partition coefficient (Wildman–Crippen LogP) is 2.24. The first-order valence-electron chi connectivity index (χ1n) is 6.54. The highest BCUT2D eigenvalue weighted by molar-refractivity contribution is 9.10. The maximum Gasteiger partial charge on any atom is 0.251 e. The van der Waals surface area contributed by atoms with E-state index in [0.717, 1.165) is 4.47 Å². The number of carbonyl (C=O) groups excluding carboxylic acids is 1. The van der Waals surface area contributed by atoms with Gasteiger partial charge in [-0.15, -0.1) is 0 Å². The molecule has 5 heteroatoms. The number of rotatable bonds is 5. The molecule has 0 saturated heterocycles. The molecule has 1 aliphatic carbocycles. The maximum atomic E-state index is 12.0. The molecule has 1 saturated carbocycles. The molecule has 0 aromatic heterocycles. The van der Waals surface area contributed by atoms with Gasteiger partial charge in [0.25, 0.3) is 5.91 Å². The lowest BCUT2D eigenvalue weighted by atomic mass is 10.2. The summed E-state index contributed by atoms with van der Waals surface area (Å²) in [5, 5.41) is 2.97. The minimum atomic E-state index is -0.0586. The topological polar surface area (TPSA) is 58.4 Å². The van der Waals surface area contributed by atoms with Gasteiger partial charge in [0.2, 0.25) is 0 Å². The van der Waals surface area contributed by atoms with Crippen LogP contribution in [0.25, 0.3) is 0 Å². The monoisotopic (exact) mass is 325 g/mol. The fourth-order valence-corrected chi connectivity index (χ4v) is 2.38. The molecule has 0 aliphatic heterocycles. The number of carbonyl (C=O) groups is 1. The summed E-state index contributed by atoms with van der Waals surface area (Å²) in [4.78, 5) is 14.4. The second-order valence-electron chi connectivity index (χ2n) is 5.19. The average Bonchev–Trinajstić information content (AvgIpc) is 3.22. The van der Waals surface area contributed by atoms with Crippen LogP contribution in [0, 0.1) is 0 Å². The van der Waals surface area contributed by atoms with Crippen molar-refractivity contribution in [2.75, 3.05) is 19.3 Å². The molecule has 1 amide bonds. The Labute approximate surface area is 122 Å². The van der Waals surface area contributed by atoms with Crippen molar-refractivity contribution in [3.63, 3.8) is 0 Å². The third kappa shape index (κ3) is 3.70. The first-order valence-corrected chi connectivity index (χ1v) is 7.33. The molecule has 0 radical (unpaired) electrons. The van der Waals surface area contributed by atoms with Crippen LogP contribution in [-0.4, -0.2) is 36.5 Å². The highest BCUT2D eigenvalue weighted by Crippen LogP contribution is 2.26. The van der Waals surface area contributed by atoms with E-state index < -0.39 is 0 Å². The number of nitrogens with zero attached hydrogens (tertiary/aromatic N) is 1. The molecule has 1 aromatic rings. The van der Waals surface area contributed by atoms with Crippen LogP contribution in [-0.2, 0) is 0 Å². The van der Waals surface area contributed by atoms with Crippen LogP contribution >= 0.6 is 15.9 Å². The summed E-state index contributed by atoms with van der Waals surface area (Å²) in [6.45, 7) is 2.80. The number of nitrogens with two attached hydrogens (primary N) is 1. The van der Waals surface area contributed by atoms with E-state index in [0.29, 0.717) is 29.9 Å². The van der Waals surface area contributed by atoms with Crippen LogP contribution in [0.15, 0.2) is 22.7 Å². The van der Waals surface area contributed by atoms with E-state index in [1.807, 2.05) is 0 Å². The van der Waals surface area contributed by atoms with E-state index in [1.54, 1.807) is 18.2 Å². The Morgan fingerprint density at radius 3 is 2.84 bits per heavy atom. The van der Waals surface area contributed by atoms with Crippen molar-refractivity contribution >= 4 is 27.5 Å². The zero-order valence-electron chi connectivity index (χ0n) is 11.3. The van der Waals surface area contributed by atoms with Crippen LogP contribution in [0.4, 0.5) is 5.69 Å². The molecule has 1 aliphatic rings. The summed E-state index contributed by atoms with van der Waals surface area (Å²) in [6.07, 6.45) is 2.55. The Kier molecular flexibility index (Phi) is 4.47. The number of nitrogen functional groups attached to an aromatic ring is 1. The largest absolute Gasteiger partial charge is 0.398 e. The van der Waals surface area contributed by atoms with Crippen molar-refractivity contribution in [1.82, 2.24) is 10.2 Å². The molecule has 1 fully saturated rings. The Balaban J connectivity index is 1.88. The summed E-state index contributed by atoms with van der Waals surface area (Å²) < 4.78 is 0.753. The van der Waals surface area contributed by atoms with Crippen LogP contribution < -0.4 is 11.1 Å². The summed E-state index contributed by atoms with van der Waals surface area (Å²) >= 11 is 3.33. The number of nitrogens with one attached hydrogen (secondary N) is 1. The van der Waals surface area contributed by atoms with Crippen LogP contribution in [0.1, 0.15) is 30.1 Å². The first kappa shape index (κ1) is 14.3. The van der Waals surface area contributed by atoms with Gasteiger partial charge in [0.1, 0.15) is 0 Å². The lowest BCUT2D eigenvalue weighted by Crippen LogP contribution is -2.41. The molecule has 4 nitrogen and oxygen atoms in total. The molecule has 104 valence electrons. The van der Waals surface area contributed by atoms with Crippen molar-refractivity contribution in [3.8, 4) is 0 Å². The van der Waals surface area contributed by atoms with Gasteiger partial charge < -0.3 is 11.1 Å². The van der Waals surface area contributed by atoms with E-state index in [4.69, 9.17) is 5.73 Å². The predicted molar refractivity (Wildman–Crippen MR) is 81.1 cm³/mol. The van der Waals surface area contributed by atoms with E-state index >= 15 is 0 Å². The van der Waals surface area contributed by atoms with Crippen LogP contribution in [0.5, 0.6) is 0 Å². The van der Waals surface area contributed by atoms with Gasteiger partial charge in [0.05, 0.1) is 0 Å².